The van der Waals surface area contributed by atoms with Crippen molar-refractivity contribution in [3.63, 3.8) is 0 Å². The fourth-order valence-electron chi connectivity index (χ4n) is 1.29. The number of methoxy groups -OCH3 is 1. The van der Waals surface area contributed by atoms with Gasteiger partial charge in [-0.3, -0.25) is 0 Å². The van der Waals surface area contributed by atoms with Crippen molar-refractivity contribution in [2.24, 2.45) is 0 Å². The van der Waals surface area contributed by atoms with Gasteiger partial charge in [-0.05, 0) is 6.07 Å². The second kappa shape index (κ2) is 3.77. The van der Waals surface area contributed by atoms with Crippen LogP contribution in [0, 0.1) is 0 Å². The Bertz CT molecular complexity index is 285. The van der Waals surface area contributed by atoms with Crippen molar-refractivity contribution in [3.05, 3.63) is 29.8 Å². The SMILES string of the molecule is COC1COCc2ccccc2O1. The highest BCUT2D eigenvalue weighted by Crippen LogP contribution is 2.23. The van der Waals surface area contributed by atoms with E-state index in [1.54, 1.807) is 7.11 Å². The summed E-state index contributed by atoms with van der Waals surface area (Å²) in [5.41, 5.74) is 1.07. The van der Waals surface area contributed by atoms with Crippen LogP contribution in [0.4, 0.5) is 0 Å². The molecule has 1 aromatic rings. The van der Waals surface area contributed by atoms with Gasteiger partial charge in [-0.2, -0.15) is 0 Å². The lowest BCUT2D eigenvalue weighted by atomic mass is 10.2. The zero-order chi connectivity index (χ0) is 9.10. The quantitative estimate of drug-likeness (QED) is 0.656. The van der Waals surface area contributed by atoms with Crippen molar-refractivity contribution in [2.45, 2.75) is 12.9 Å². The molecule has 3 heteroatoms. The molecular weight excluding hydrogens is 168 g/mol. The number of hydrogen-bond acceptors (Lipinski definition) is 3. The van der Waals surface area contributed by atoms with Crippen LogP contribution >= 0.6 is 0 Å². The highest BCUT2D eigenvalue weighted by Gasteiger charge is 2.16. The maximum atomic E-state index is 5.56. The second-order valence-corrected chi connectivity index (χ2v) is 2.91. The maximum absolute atomic E-state index is 5.56. The van der Waals surface area contributed by atoms with Gasteiger partial charge in [0.25, 0.3) is 0 Å². The highest BCUT2D eigenvalue weighted by atomic mass is 16.7. The standard InChI is InChI=1S/C10H12O3/c1-11-10-7-12-6-8-4-2-3-5-9(8)13-10/h2-5,10H,6-7H2,1H3. The van der Waals surface area contributed by atoms with E-state index in [0.29, 0.717) is 13.2 Å². The molecule has 2 rings (SSSR count). The summed E-state index contributed by atoms with van der Waals surface area (Å²) in [7, 11) is 1.61. The Morgan fingerprint density at radius 2 is 2.23 bits per heavy atom. The molecule has 3 nitrogen and oxygen atoms in total. The van der Waals surface area contributed by atoms with Crippen molar-refractivity contribution < 1.29 is 14.2 Å². The maximum Gasteiger partial charge on any atom is 0.223 e. The van der Waals surface area contributed by atoms with Crippen molar-refractivity contribution in [3.8, 4) is 5.75 Å². The molecule has 1 heterocycles. The Morgan fingerprint density at radius 1 is 1.38 bits per heavy atom. The van der Waals surface area contributed by atoms with Crippen LogP contribution in [0.5, 0.6) is 5.75 Å². The lowest BCUT2D eigenvalue weighted by Crippen LogP contribution is -2.22. The summed E-state index contributed by atoms with van der Waals surface area (Å²) in [5.74, 6) is 0.854. The van der Waals surface area contributed by atoms with Crippen LogP contribution in [0.25, 0.3) is 0 Å². The molecule has 13 heavy (non-hydrogen) atoms. The van der Waals surface area contributed by atoms with Crippen LogP contribution in [0.3, 0.4) is 0 Å². The van der Waals surface area contributed by atoms with Gasteiger partial charge < -0.3 is 14.2 Å². The first-order chi connectivity index (χ1) is 6.40. The number of rotatable bonds is 1. The second-order valence-electron chi connectivity index (χ2n) is 2.91. The van der Waals surface area contributed by atoms with Gasteiger partial charge in [0.1, 0.15) is 12.4 Å². The third kappa shape index (κ3) is 1.82. The Labute approximate surface area is 77.2 Å². The number of para-hydroxylation sites is 1. The summed E-state index contributed by atoms with van der Waals surface area (Å²) in [6.07, 6.45) is -0.288. The molecule has 0 fully saturated rings. The minimum atomic E-state index is -0.288. The molecular formula is C10H12O3. The van der Waals surface area contributed by atoms with E-state index in [4.69, 9.17) is 14.2 Å². The molecule has 0 radical (unpaired) electrons. The third-order valence-corrected chi connectivity index (χ3v) is 2.01. The van der Waals surface area contributed by atoms with Gasteiger partial charge in [0.05, 0.1) is 6.61 Å². The lowest BCUT2D eigenvalue weighted by molar-refractivity contribution is -0.0950. The minimum Gasteiger partial charge on any atom is -0.462 e. The van der Waals surface area contributed by atoms with Crippen LogP contribution in [0.1, 0.15) is 5.56 Å². The van der Waals surface area contributed by atoms with Gasteiger partial charge in [-0.25, -0.2) is 0 Å². The van der Waals surface area contributed by atoms with Crippen molar-refractivity contribution in [1.29, 1.82) is 0 Å². The van der Waals surface area contributed by atoms with Crippen molar-refractivity contribution in [1.82, 2.24) is 0 Å². The zero-order valence-electron chi connectivity index (χ0n) is 7.53. The molecule has 0 aromatic heterocycles. The summed E-state index contributed by atoms with van der Waals surface area (Å²) in [4.78, 5) is 0. The Hall–Kier alpha value is -1.06. The fourth-order valence-corrected chi connectivity index (χ4v) is 1.29. The average Bonchev–Trinajstić information content (AvgIpc) is 2.38. The first kappa shape index (κ1) is 8.53. The number of fused-ring (bicyclic) bond motifs is 1. The van der Waals surface area contributed by atoms with Gasteiger partial charge in [-0.15, -0.1) is 0 Å². The van der Waals surface area contributed by atoms with E-state index in [1.165, 1.54) is 0 Å². The first-order valence-electron chi connectivity index (χ1n) is 4.25. The van der Waals surface area contributed by atoms with Gasteiger partial charge in [0.2, 0.25) is 6.29 Å². The summed E-state index contributed by atoms with van der Waals surface area (Å²) in [5, 5.41) is 0. The van der Waals surface area contributed by atoms with Crippen LogP contribution < -0.4 is 4.74 Å². The Kier molecular flexibility index (Phi) is 2.47. The van der Waals surface area contributed by atoms with E-state index in [1.807, 2.05) is 24.3 Å². The van der Waals surface area contributed by atoms with Crippen LogP contribution in [-0.2, 0) is 16.1 Å². The largest absolute Gasteiger partial charge is 0.462 e. The van der Waals surface area contributed by atoms with E-state index >= 15 is 0 Å². The molecule has 0 bridgehead atoms. The molecule has 70 valence electrons. The fraction of sp³-hybridized carbons (Fsp3) is 0.400. The summed E-state index contributed by atoms with van der Waals surface area (Å²) in [6.45, 7) is 1.07. The van der Waals surface area contributed by atoms with Crippen molar-refractivity contribution >= 4 is 0 Å². The van der Waals surface area contributed by atoms with Gasteiger partial charge in [0.15, 0.2) is 0 Å². The molecule has 1 aliphatic rings. The molecule has 0 N–H and O–H groups in total. The number of ether oxygens (including phenoxy) is 3. The summed E-state index contributed by atoms with van der Waals surface area (Å²) >= 11 is 0. The van der Waals surface area contributed by atoms with Gasteiger partial charge in [-0.1, -0.05) is 18.2 Å². The van der Waals surface area contributed by atoms with Crippen LogP contribution in [0.2, 0.25) is 0 Å². The van der Waals surface area contributed by atoms with Gasteiger partial charge in [0, 0.05) is 12.7 Å². The molecule has 0 saturated carbocycles. The molecule has 0 amide bonds. The molecule has 1 aromatic carbocycles. The topological polar surface area (TPSA) is 27.7 Å². The minimum absolute atomic E-state index is 0.288. The first-order valence-corrected chi connectivity index (χ1v) is 4.25. The van der Waals surface area contributed by atoms with E-state index in [-0.39, 0.29) is 6.29 Å². The van der Waals surface area contributed by atoms with E-state index in [2.05, 4.69) is 0 Å². The molecule has 0 saturated heterocycles. The van der Waals surface area contributed by atoms with Crippen molar-refractivity contribution in [2.75, 3.05) is 13.7 Å². The molecule has 0 aliphatic carbocycles. The highest BCUT2D eigenvalue weighted by molar-refractivity contribution is 5.33. The molecule has 1 aliphatic heterocycles. The predicted molar refractivity (Wildman–Crippen MR) is 47.5 cm³/mol. The Balaban J connectivity index is 2.23. The monoisotopic (exact) mass is 180 g/mol. The zero-order valence-corrected chi connectivity index (χ0v) is 7.53. The molecule has 0 spiro atoms. The molecule has 1 atom stereocenters. The predicted octanol–water partition coefficient (Wildman–Crippen LogP) is 1.57. The van der Waals surface area contributed by atoms with E-state index in [9.17, 15) is 0 Å². The lowest BCUT2D eigenvalue weighted by Gasteiger charge is -2.13. The van der Waals surface area contributed by atoms with E-state index in [0.717, 1.165) is 11.3 Å². The smallest absolute Gasteiger partial charge is 0.223 e. The van der Waals surface area contributed by atoms with Crippen LogP contribution in [0.15, 0.2) is 24.3 Å². The number of hydrogen-bond donors (Lipinski definition) is 0. The Morgan fingerprint density at radius 3 is 3.08 bits per heavy atom. The third-order valence-electron chi connectivity index (χ3n) is 2.01. The average molecular weight is 180 g/mol. The summed E-state index contributed by atoms with van der Waals surface area (Å²) < 4.78 is 16.0. The van der Waals surface area contributed by atoms with Crippen LogP contribution in [-0.4, -0.2) is 20.0 Å². The summed E-state index contributed by atoms with van der Waals surface area (Å²) in [6, 6.07) is 7.83. The molecule has 1 unspecified atom stereocenters. The van der Waals surface area contributed by atoms with Gasteiger partial charge >= 0.3 is 0 Å². The number of benzene rings is 1. The normalized spacial score (nSPS) is 21.5. The van der Waals surface area contributed by atoms with E-state index < -0.39 is 0 Å².